The molecule has 100 valence electrons. The average molecular weight is 252 g/mol. The Morgan fingerprint density at radius 3 is 2.83 bits per heavy atom. The molecule has 0 amide bonds. The molecule has 4 rings (SSSR count). The predicted octanol–water partition coefficient (Wildman–Crippen LogP) is 1.97. The Balaban J connectivity index is 1.64. The summed E-state index contributed by atoms with van der Waals surface area (Å²) in [6, 6.07) is 0. The zero-order valence-electron chi connectivity index (χ0n) is 10.7. The lowest BCUT2D eigenvalue weighted by Crippen LogP contribution is -2.47. The van der Waals surface area contributed by atoms with Gasteiger partial charge in [0.2, 0.25) is 0 Å². The lowest BCUT2D eigenvalue weighted by molar-refractivity contribution is -0.145. The van der Waals surface area contributed by atoms with Crippen molar-refractivity contribution >= 4 is 5.97 Å². The molecule has 4 fully saturated rings. The van der Waals surface area contributed by atoms with Crippen molar-refractivity contribution < 1.29 is 19.4 Å². The van der Waals surface area contributed by atoms with Gasteiger partial charge in [0.25, 0.3) is 0 Å². The van der Waals surface area contributed by atoms with E-state index in [1.54, 1.807) is 0 Å². The van der Waals surface area contributed by atoms with Crippen molar-refractivity contribution in [1.82, 2.24) is 0 Å². The maximum Gasteiger partial charge on any atom is 0.339 e. The number of fused-ring (bicyclic) bond motifs is 2. The van der Waals surface area contributed by atoms with Crippen LogP contribution < -0.4 is 0 Å². The molecular weight excluding hydrogens is 232 g/mol. The van der Waals surface area contributed by atoms with Crippen LogP contribution in [0.3, 0.4) is 0 Å². The summed E-state index contributed by atoms with van der Waals surface area (Å²) in [6.07, 6.45) is 7.03. The molecule has 2 aliphatic carbocycles. The Morgan fingerprint density at radius 1 is 1.28 bits per heavy atom. The van der Waals surface area contributed by atoms with Gasteiger partial charge >= 0.3 is 5.97 Å². The second kappa shape index (κ2) is 3.28. The summed E-state index contributed by atoms with van der Waals surface area (Å²) < 4.78 is 11.6. The van der Waals surface area contributed by atoms with Gasteiger partial charge in [-0.15, -0.1) is 0 Å². The molecule has 18 heavy (non-hydrogen) atoms. The predicted molar refractivity (Wildman–Crippen MR) is 63.2 cm³/mol. The fraction of sp³-hybridized carbons (Fsp3) is 0.929. The quantitative estimate of drug-likeness (QED) is 0.763. The molecule has 2 saturated heterocycles. The van der Waals surface area contributed by atoms with E-state index in [0.29, 0.717) is 18.1 Å². The molecule has 0 spiro atoms. The summed E-state index contributed by atoms with van der Waals surface area (Å²) in [6.45, 7) is 2.04. The lowest BCUT2D eigenvalue weighted by atomic mass is 9.64. The van der Waals surface area contributed by atoms with Gasteiger partial charge in [-0.1, -0.05) is 13.3 Å². The van der Waals surface area contributed by atoms with Crippen LogP contribution >= 0.6 is 0 Å². The zero-order chi connectivity index (χ0) is 12.5. The number of ether oxygens (including phenoxy) is 2. The van der Waals surface area contributed by atoms with Crippen LogP contribution in [0.2, 0.25) is 0 Å². The number of hydrogen-bond acceptors (Lipinski definition) is 3. The highest BCUT2D eigenvalue weighted by atomic mass is 16.7. The largest absolute Gasteiger partial charge is 0.479 e. The monoisotopic (exact) mass is 252 g/mol. The van der Waals surface area contributed by atoms with E-state index in [9.17, 15) is 9.90 Å². The molecule has 0 bridgehead atoms. The minimum Gasteiger partial charge on any atom is -0.479 e. The summed E-state index contributed by atoms with van der Waals surface area (Å²) in [5.41, 5.74) is -1.24. The average Bonchev–Trinajstić information content (AvgIpc) is 3.21. The molecule has 4 nitrogen and oxygen atoms in total. The molecule has 0 aromatic heterocycles. The number of epoxide rings is 2. The van der Waals surface area contributed by atoms with E-state index < -0.39 is 11.6 Å². The molecule has 0 aromatic rings. The van der Waals surface area contributed by atoms with Gasteiger partial charge in [0.05, 0.1) is 12.2 Å². The molecule has 6 atom stereocenters. The standard InChI is InChI=1S/C14H20O4/c1-8-3-2-6-13(14(8,18-13)12(15)16)9-4-5-10-11(7-9)17-10/h8-11H,2-7H2,1H3,(H,15,16). The van der Waals surface area contributed by atoms with Crippen molar-refractivity contribution in [3.8, 4) is 0 Å². The molecule has 4 aliphatic rings. The smallest absolute Gasteiger partial charge is 0.339 e. The highest BCUT2D eigenvalue weighted by Gasteiger charge is 2.80. The molecule has 2 saturated carbocycles. The van der Waals surface area contributed by atoms with E-state index in [2.05, 4.69) is 0 Å². The van der Waals surface area contributed by atoms with Gasteiger partial charge in [0, 0.05) is 0 Å². The Kier molecular flexibility index (Phi) is 2.05. The first-order valence-corrected chi connectivity index (χ1v) is 7.19. The molecule has 2 heterocycles. The Bertz CT molecular complexity index is 409. The fourth-order valence-corrected chi connectivity index (χ4v) is 4.74. The maximum atomic E-state index is 11.7. The first-order chi connectivity index (χ1) is 8.60. The van der Waals surface area contributed by atoms with Crippen LogP contribution in [-0.4, -0.2) is 34.5 Å². The number of carbonyl (C=O) groups is 1. The van der Waals surface area contributed by atoms with Crippen LogP contribution in [0.25, 0.3) is 0 Å². The van der Waals surface area contributed by atoms with Crippen molar-refractivity contribution in [2.24, 2.45) is 11.8 Å². The second-order valence-corrected chi connectivity index (χ2v) is 6.55. The first-order valence-electron chi connectivity index (χ1n) is 7.19. The van der Waals surface area contributed by atoms with E-state index in [1.807, 2.05) is 6.92 Å². The fourth-order valence-electron chi connectivity index (χ4n) is 4.74. The van der Waals surface area contributed by atoms with Crippen LogP contribution in [0, 0.1) is 11.8 Å². The third kappa shape index (κ3) is 1.16. The van der Waals surface area contributed by atoms with E-state index in [0.717, 1.165) is 38.5 Å². The summed E-state index contributed by atoms with van der Waals surface area (Å²) in [7, 11) is 0. The second-order valence-electron chi connectivity index (χ2n) is 6.55. The Hall–Kier alpha value is -0.610. The summed E-state index contributed by atoms with van der Waals surface area (Å²) in [5.74, 6) is -0.213. The van der Waals surface area contributed by atoms with E-state index in [-0.39, 0.29) is 11.5 Å². The van der Waals surface area contributed by atoms with Crippen molar-refractivity contribution in [3.05, 3.63) is 0 Å². The molecule has 6 unspecified atom stereocenters. The van der Waals surface area contributed by atoms with E-state index >= 15 is 0 Å². The van der Waals surface area contributed by atoms with Gasteiger partial charge in [-0.3, -0.25) is 0 Å². The summed E-state index contributed by atoms with van der Waals surface area (Å²) in [4.78, 5) is 11.7. The zero-order valence-corrected chi connectivity index (χ0v) is 10.7. The number of rotatable bonds is 2. The number of carboxylic acid groups (broad SMARTS) is 1. The molecule has 2 aliphatic heterocycles. The lowest BCUT2D eigenvalue weighted by Gasteiger charge is -2.34. The number of carboxylic acids is 1. The van der Waals surface area contributed by atoms with Gasteiger partial charge < -0.3 is 14.6 Å². The van der Waals surface area contributed by atoms with Crippen LogP contribution in [-0.2, 0) is 14.3 Å². The summed E-state index contributed by atoms with van der Waals surface area (Å²) >= 11 is 0. The Morgan fingerprint density at radius 2 is 2.11 bits per heavy atom. The minimum atomic E-state index is -0.877. The van der Waals surface area contributed by atoms with Gasteiger partial charge in [-0.2, -0.15) is 0 Å². The van der Waals surface area contributed by atoms with Crippen molar-refractivity contribution in [3.63, 3.8) is 0 Å². The molecule has 0 aromatic carbocycles. The first kappa shape index (κ1) is 11.2. The van der Waals surface area contributed by atoms with Gasteiger partial charge in [0.15, 0.2) is 5.60 Å². The van der Waals surface area contributed by atoms with Gasteiger partial charge in [-0.25, -0.2) is 4.79 Å². The van der Waals surface area contributed by atoms with E-state index in [4.69, 9.17) is 9.47 Å². The van der Waals surface area contributed by atoms with Crippen LogP contribution in [0.4, 0.5) is 0 Å². The SMILES string of the molecule is CC1CCCC2(C3CCC4OC4C3)OC12C(=O)O. The number of aliphatic carboxylic acids is 1. The molecule has 0 radical (unpaired) electrons. The van der Waals surface area contributed by atoms with Crippen LogP contribution in [0.15, 0.2) is 0 Å². The third-order valence-electron chi connectivity index (χ3n) is 5.79. The van der Waals surface area contributed by atoms with Crippen LogP contribution in [0.1, 0.15) is 45.4 Å². The highest BCUT2D eigenvalue weighted by Crippen LogP contribution is 2.66. The van der Waals surface area contributed by atoms with Crippen LogP contribution in [0.5, 0.6) is 0 Å². The highest BCUT2D eigenvalue weighted by molar-refractivity contribution is 5.84. The van der Waals surface area contributed by atoms with Crippen molar-refractivity contribution in [2.45, 2.75) is 68.9 Å². The molecule has 4 heteroatoms. The summed E-state index contributed by atoms with van der Waals surface area (Å²) in [5, 5.41) is 9.63. The normalized spacial score (nSPS) is 57.4. The van der Waals surface area contributed by atoms with Crippen molar-refractivity contribution in [1.29, 1.82) is 0 Å². The van der Waals surface area contributed by atoms with Crippen molar-refractivity contribution in [2.75, 3.05) is 0 Å². The minimum absolute atomic E-state index is 0.140. The topological polar surface area (TPSA) is 62.4 Å². The van der Waals surface area contributed by atoms with Gasteiger partial charge in [0.1, 0.15) is 5.60 Å². The van der Waals surface area contributed by atoms with Gasteiger partial charge in [-0.05, 0) is 43.9 Å². The number of hydrogen-bond donors (Lipinski definition) is 1. The molecular formula is C14H20O4. The maximum absolute atomic E-state index is 11.7. The Labute approximate surface area is 107 Å². The van der Waals surface area contributed by atoms with E-state index in [1.165, 1.54) is 0 Å². The third-order valence-corrected chi connectivity index (χ3v) is 5.79. The molecule has 1 N–H and O–H groups in total.